The monoisotopic (exact) mass is 368 g/mol. The Hall–Kier alpha value is -2.85. The number of hydrogen-bond acceptors (Lipinski definition) is 5. The second-order valence-electron chi connectivity index (χ2n) is 5.44. The third-order valence-electron chi connectivity index (χ3n) is 3.61. The van der Waals surface area contributed by atoms with Gasteiger partial charge in [-0.1, -0.05) is 23.9 Å². The van der Waals surface area contributed by atoms with Crippen molar-refractivity contribution in [1.82, 2.24) is 14.8 Å². The molecular formula is C19H17FN4OS. The summed E-state index contributed by atoms with van der Waals surface area (Å²) >= 11 is 1.24. The normalized spacial score (nSPS) is 11.8. The van der Waals surface area contributed by atoms with Crippen molar-refractivity contribution in [3.63, 3.8) is 0 Å². The van der Waals surface area contributed by atoms with Crippen molar-refractivity contribution in [2.45, 2.75) is 24.3 Å². The smallest absolute Gasteiger partial charge is 0.197 e. The molecule has 132 valence electrons. The molecule has 0 aliphatic rings. The number of nitrogens with zero attached hydrogens (tertiary/aromatic N) is 4. The van der Waals surface area contributed by atoms with Crippen LogP contribution in [-0.2, 0) is 0 Å². The van der Waals surface area contributed by atoms with Crippen LogP contribution in [0.25, 0.3) is 17.1 Å². The van der Waals surface area contributed by atoms with E-state index < -0.39 is 0 Å². The molecular weight excluding hydrogens is 351 g/mol. The quantitative estimate of drug-likeness (QED) is 0.601. The van der Waals surface area contributed by atoms with E-state index in [4.69, 9.17) is 10.00 Å². The topological polar surface area (TPSA) is 63.7 Å². The summed E-state index contributed by atoms with van der Waals surface area (Å²) in [5.41, 5.74) is 1.12. The lowest BCUT2D eigenvalue weighted by Gasteiger charge is -2.12. The average Bonchev–Trinajstić information content (AvgIpc) is 3.06. The lowest BCUT2D eigenvalue weighted by atomic mass is 10.2. The fourth-order valence-corrected chi connectivity index (χ4v) is 3.18. The molecule has 3 rings (SSSR count). The molecule has 0 unspecified atom stereocenters. The van der Waals surface area contributed by atoms with Crippen LogP contribution in [0.15, 0.2) is 53.7 Å². The minimum Gasteiger partial charge on any atom is -0.494 e. The maximum Gasteiger partial charge on any atom is 0.197 e. The van der Waals surface area contributed by atoms with E-state index >= 15 is 0 Å². The van der Waals surface area contributed by atoms with E-state index in [1.807, 2.05) is 31.2 Å². The van der Waals surface area contributed by atoms with Crippen molar-refractivity contribution in [2.75, 3.05) is 6.61 Å². The molecule has 0 bridgehead atoms. The van der Waals surface area contributed by atoms with Gasteiger partial charge < -0.3 is 4.74 Å². The fraction of sp³-hybridized carbons (Fsp3) is 0.211. The standard InChI is InChI=1S/C19H17FN4OS/c1-3-25-15-10-8-14(9-11-15)18-22-23-19(26-13(2)12-21)24(18)17-7-5-4-6-16(17)20/h4-11,13H,3H2,1-2H3/t13-/m0/s1. The number of thioether (sulfide) groups is 1. The summed E-state index contributed by atoms with van der Waals surface area (Å²) in [6.07, 6.45) is 0. The molecule has 0 spiro atoms. The zero-order valence-electron chi connectivity index (χ0n) is 14.4. The molecule has 0 aliphatic carbocycles. The van der Waals surface area contributed by atoms with Crippen LogP contribution in [0.2, 0.25) is 0 Å². The maximum absolute atomic E-state index is 14.4. The van der Waals surface area contributed by atoms with Crippen LogP contribution >= 0.6 is 11.8 Å². The minimum atomic E-state index is -0.383. The van der Waals surface area contributed by atoms with Gasteiger partial charge in [-0.25, -0.2) is 4.39 Å². The number of aromatic nitrogens is 3. The first-order chi connectivity index (χ1) is 12.6. The summed E-state index contributed by atoms with van der Waals surface area (Å²) in [4.78, 5) is 0. The first kappa shape index (κ1) is 18.0. The summed E-state index contributed by atoms with van der Waals surface area (Å²) in [6.45, 7) is 4.27. The van der Waals surface area contributed by atoms with Gasteiger partial charge in [0.15, 0.2) is 11.0 Å². The van der Waals surface area contributed by atoms with Crippen molar-refractivity contribution >= 4 is 11.8 Å². The van der Waals surface area contributed by atoms with Gasteiger partial charge in [-0.3, -0.25) is 4.57 Å². The van der Waals surface area contributed by atoms with Crippen LogP contribution in [0.5, 0.6) is 5.75 Å². The van der Waals surface area contributed by atoms with E-state index in [0.29, 0.717) is 23.3 Å². The average molecular weight is 368 g/mol. The Kier molecular flexibility index (Phi) is 5.54. The SMILES string of the molecule is CCOc1ccc(-c2nnc(S[C@@H](C)C#N)n2-c2ccccc2F)cc1. The first-order valence-electron chi connectivity index (χ1n) is 8.14. The summed E-state index contributed by atoms with van der Waals surface area (Å²) < 4.78 is 21.5. The zero-order chi connectivity index (χ0) is 18.5. The molecule has 1 aromatic heterocycles. The molecule has 5 nitrogen and oxygen atoms in total. The van der Waals surface area contributed by atoms with E-state index in [-0.39, 0.29) is 11.1 Å². The van der Waals surface area contributed by atoms with Crippen LogP contribution < -0.4 is 4.74 Å². The van der Waals surface area contributed by atoms with Gasteiger partial charge in [-0.05, 0) is 50.2 Å². The summed E-state index contributed by atoms with van der Waals surface area (Å²) in [7, 11) is 0. The lowest BCUT2D eigenvalue weighted by molar-refractivity contribution is 0.340. The van der Waals surface area contributed by atoms with Crippen LogP contribution in [-0.4, -0.2) is 26.6 Å². The van der Waals surface area contributed by atoms with Crippen molar-refractivity contribution in [2.24, 2.45) is 0 Å². The van der Waals surface area contributed by atoms with Crippen molar-refractivity contribution < 1.29 is 9.13 Å². The molecule has 1 atom stereocenters. The Balaban J connectivity index is 2.11. The van der Waals surface area contributed by atoms with E-state index in [1.54, 1.807) is 29.7 Å². The molecule has 0 saturated carbocycles. The number of para-hydroxylation sites is 1. The Morgan fingerprint density at radius 3 is 2.58 bits per heavy atom. The largest absolute Gasteiger partial charge is 0.494 e. The molecule has 3 aromatic rings. The van der Waals surface area contributed by atoms with Crippen LogP contribution in [0, 0.1) is 17.1 Å². The highest BCUT2D eigenvalue weighted by molar-refractivity contribution is 8.00. The molecule has 0 saturated heterocycles. The molecule has 26 heavy (non-hydrogen) atoms. The molecule has 0 aliphatic heterocycles. The number of hydrogen-bond donors (Lipinski definition) is 0. The lowest BCUT2D eigenvalue weighted by Crippen LogP contribution is -2.04. The summed E-state index contributed by atoms with van der Waals surface area (Å²) in [6, 6.07) is 16.0. The zero-order valence-corrected chi connectivity index (χ0v) is 15.2. The Labute approximate surface area is 155 Å². The Bertz CT molecular complexity index is 933. The van der Waals surface area contributed by atoms with E-state index in [0.717, 1.165) is 11.3 Å². The van der Waals surface area contributed by atoms with Crippen LogP contribution in [0.4, 0.5) is 4.39 Å². The van der Waals surface area contributed by atoms with Gasteiger partial charge in [0, 0.05) is 5.56 Å². The fourth-order valence-electron chi connectivity index (χ4n) is 2.43. The molecule has 2 aromatic carbocycles. The van der Waals surface area contributed by atoms with Crippen molar-refractivity contribution in [3.8, 4) is 28.9 Å². The second-order valence-corrected chi connectivity index (χ2v) is 6.75. The van der Waals surface area contributed by atoms with E-state index in [1.165, 1.54) is 17.8 Å². The highest BCUT2D eigenvalue weighted by Crippen LogP contribution is 2.31. The van der Waals surface area contributed by atoms with Crippen molar-refractivity contribution in [1.29, 1.82) is 5.26 Å². The predicted molar refractivity (Wildman–Crippen MR) is 98.9 cm³/mol. The van der Waals surface area contributed by atoms with Gasteiger partial charge in [0.05, 0.1) is 23.6 Å². The second kappa shape index (κ2) is 8.02. The Morgan fingerprint density at radius 1 is 1.19 bits per heavy atom. The van der Waals surface area contributed by atoms with E-state index in [2.05, 4.69) is 16.3 Å². The molecule has 7 heteroatoms. The number of ether oxygens (including phenoxy) is 1. The van der Waals surface area contributed by atoms with Gasteiger partial charge in [0.25, 0.3) is 0 Å². The number of halogens is 1. The molecule has 1 heterocycles. The number of benzene rings is 2. The molecule has 0 N–H and O–H groups in total. The van der Waals surface area contributed by atoms with E-state index in [9.17, 15) is 4.39 Å². The Morgan fingerprint density at radius 2 is 1.92 bits per heavy atom. The molecule has 0 amide bonds. The van der Waals surface area contributed by atoms with Gasteiger partial charge in [-0.15, -0.1) is 10.2 Å². The highest BCUT2D eigenvalue weighted by Gasteiger charge is 2.20. The first-order valence-corrected chi connectivity index (χ1v) is 9.01. The summed E-state index contributed by atoms with van der Waals surface area (Å²) in [5, 5.41) is 17.7. The number of rotatable bonds is 6. The minimum absolute atomic E-state index is 0.335. The number of nitriles is 1. The maximum atomic E-state index is 14.4. The molecule has 0 radical (unpaired) electrons. The van der Waals surface area contributed by atoms with Gasteiger partial charge >= 0.3 is 0 Å². The van der Waals surface area contributed by atoms with Gasteiger partial charge in [0.2, 0.25) is 0 Å². The van der Waals surface area contributed by atoms with Gasteiger partial charge in [-0.2, -0.15) is 5.26 Å². The molecule has 0 fully saturated rings. The van der Waals surface area contributed by atoms with Crippen molar-refractivity contribution in [3.05, 3.63) is 54.3 Å². The predicted octanol–water partition coefficient (Wildman–Crippen LogP) is 4.48. The third kappa shape index (κ3) is 3.70. The van der Waals surface area contributed by atoms with Crippen LogP contribution in [0.3, 0.4) is 0 Å². The van der Waals surface area contributed by atoms with Gasteiger partial charge in [0.1, 0.15) is 11.6 Å². The third-order valence-corrected chi connectivity index (χ3v) is 4.55. The highest BCUT2D eigenvalue weighted by atomic mass is 32.2. The summed E-state index contributed by atoms with van der Waals surface area (Å²) in [5.74, 6) is 0.873. The van der Waals surface area contributed by atoms with Crippen LogP contribution in [0.1, 0.15) is 13.8 Å².